The van der Waals surface area contributed by atoms with Crippen molar-refractivity contribution in [3.8, 4) is 22.9 Å². The lowest BCUT2D eigenvalue weighted by molar-refractivity contribution is -0.126. The summed E-state index contributed by atoms with van der Waals surface area (Å²) in [7, 11) is 0. The Morgan fingerprint density at radius 1 is 1.08 bits per heavy atom. The minimum Gasteiger partial charge on any atom is -0.441 e. The average molecular weight is 487 g/mol. The third-order valence-corrected chi connectivity index (χ3v) is 6.51. The molecule has 9 nitrogen and oxygen atoms in total. The Kier molecular flexibility index (Phi) is 7.18. The number of piperidine rings is 1. The summed E-state index contributed by atoms with van der Waals surface area (Å²) in [5.41, 5.74) is 3.91. The van der Waals surface area contributed by atoms with Gasteiger partial charge in [-0.05, 0) is 64.0 Å². The van der Waals surface area contributed by atoms with Crippen molar-refractivity contribution in [1.29, 1.82) is 0 Å². The predicted octanol–water partition coefficient (Wildman–Crippen LogP) is 3.97. The van der Waals surface area contributed by atoms with E-state index in [4.69, 9.17) is 13.9 Å². The van der Waals surface area contributed by atoms with Gasteiger partial charge in [0.05, 0.1) is 11.3 Å². The molecule has 0 bridgehead atoms. The number of nitrogens with zero attached hydrogens (tertiary/aromatic N) is 5. The number of pyridine rings is 1. The molecule has 9 heteroatoms. The Morgan fingerprint density at radius 3 is 2.69 bits per heavy atom. The highest BCUT2D eigenvalue weighted by Crippen LogP contribution is 2.25. The first kappa shape index (κ1) is 23.9. The lowest BCUT2D eigenvalue weighted by Gasteiger charge is -2.30. The summed E-state index contributed by atoms with van der Waals surface area (Å²) in [6.07, 6.45) is 5.53. The highest BCUT2D eigenvalue weighted by molar-refractivity contribution is 5.78. The van der Waals surface area contributed by atoms with Crippen LogP contribution < -0.4 is 5.32 Å². The van der Waals surface area contributed by atoms with Gasteiger partial charge in [0.15, 0.2) is 5.82 Å². The Labute approximate surface area is 210 Å². The van der Waals surface area contributed by atoms with Crippen LogP contribution in [0.5, 0.6) is 0 Å². The second-order valence-electron chi connectivity index (χ2n) is 9.24. The molecule has 3 aromatic heterocycles. The first-order valence-corrected chi connectivity index (χ1v) is 12.3. The lowest BCUT2D eigenvalue weighted by atomic mass is 9.95. The third-order valence-electron chi connectivity index (χ3n) is 6.51. The molecular weight excluding hydrogens is 456 g/mol. The Bertz CT molecular complexity index is 1310. The summed E-state index contributed by atoms with van der Waals surface area (Å²) in [4.78, 5) is 28.2. The van der Waals surface area contributed by atoms with Crippen LogP contribution in [0.15, 0.2) is 57.7 Å². The lowest BCUT2D eigenvalue weighted by Crippen LogP contribution is -2.40. The molecule has 0 aliphatic carbocycles. The minimum absolute atomic E-state index is 0.0127. The van der Waals surface area contributed by atoms with Gasteiger partial charge >= 0.3 is 0 Å². The fraction of sp³-hybridized carbons (Fsp3) is 0.370. The zero-order chi connectivity index (χ0) is 24.9. The highest BCUT2D eigenvalue weighted by atomic mass is 16.5. The number of nitrogens with one attached hydrogen (secondary N) is 1. The second kappa shape index (κ2) is 10.8. The number of aryl methyl sites for hydroxylation is 2. The van der Waals surface area contributed by atoms with Crippen LogP contribution in [0.2, 0.25) is 0 Å². The molecule has 1 amide bonds. The van der Waals surface area contributed by atoms with E-state index in [-0.39, 0.29) is 11.8 Å². The average Bonchev–Trinajstić information content (AvgIpc) is 3.52. The summed E-state index contributed by atoms with van der Waals surface area (Å²) in [6, 6.07) is 11.9. The molecule has 1 fully saturated rings. The molecule has 1 aliphatic heterocycles. The molecule has 186 valence electrons. The Balaban J connectivity index is 1.07. The molecule has 5 rings (SSSR count). The number of likely N-dealkylation sites (tertiary alicyclic amines) is 1. The number of carbonyl (C=O) groups is 1. The van der Waals surface area contributed by atoms with Gasteiger partial charge < -0.3 is 14.3 Å². The van der Waals surface area contributed by atoms with E-state index in [1.165, 1.54) is 5.56 Å². The van der Waals surface area contributed by atoms with Gasteiger partial charge in [-0.1, -0.05) is 22.9 Å². The summed E-state index contributed by atoms with van der Waals surface area (Å²) >= 11 is 0. The summed E-state index contributed by atoms with van der Waals surface area (Å²) in [5, 5.41) is 7.03. The maximum Gasteiger partial charge on any atom is 0.259 e. The van der Waals surface area contributed by atoms with E-state index in [2.05, 4.69) is 44.4 Å². The molecular formula is C27H30N6O3. The minimum atomic E-state index is 0.0127. The van der Waals surface area contributed by atoms with Gasteiger partial charge in [0.2, 0.25) is 11.8 Å². The van der Waals surface area contributed by atoms with Crippen LogP contribution in [0.1, 0.15) is 35.7 Å². The van der Waals surface area contributed by atoms with Gasteiger partial charge in [-0.15, -0.1) is 0 Å². The van der Waals surface area contributed by atoms with Gasteiger partial charge in [0, 0.05) is 43.4 Å². The first-order chi connectivity index (χ1) is 17.5. The van der Waals surface area contributed by atoms with Gasteiger partial charge in [-0.25, -0.2) is 4.98 Å². The summed E-state index contributed by atoms with van der Waals surface area (Å²) < 4.78 is 11.2. The van der Waals surface area contributed by atoms with Crippen LogP contribution in [0.3, 0.4) is 0 Å². The van der Waals surface area contributed by atoms with Crippen LogP contribution in [0.25, 0.3) is 22.9 Å². The van der Waals surface area contributed by atoms with Crippen LogP contribution in [0.4, 0.5) is 0 Å². The summed E-state index contributed by atoms with van der Waals surface area (Å²) in [5.74, 6) is 2.61. The molecule has 1 aliphatic rings. The quantitative estimate of drug-likeness (QED) is 0.398. The van der Waals surface area contributed by atoms with E-state index in [1.54, 1.807) is 12.4 Å². The number of oxazole rings is 1. The zero-order valence-corrected chi connectivity index (χ0v) is 20.6. The fourth-order valence-corrected chi connectivity index (χ4v) is 4.45. The van der Waals surface area contributed by atoms with Gasteiger partial charge in [0.1, 0.15) is 5.76 Å². The van der Waals surface area contributed by atoms with Crippen molar-refractivity contribution < 1.29 is 13.7 Å². The van der Waals surface area contributed by atoms with Crippen molar-refractivity contribution in [2.75, 3.05) is 19.6 Å². The van der Waals surface area contributed by atoms with Crippen LogP contribution >= 0.6 is 0 Å². The second-order valence-corrected chi connectivity index (χ2v) is 9.24. The number of carbonyl (C=O) groups excluding carboxylic acids is 1. The maximum absolute atomic E-state index is 12.7. The van der Waals surface area contributed by atoms with Crippen molar-refractivity contribution in [2.24, 2.45) is 5.92 Å². The molecule has 0 unspecified atom stereocenters. The van der Waals surface area contributed by atoms with Crippen molar-refractivity contribution >= 4 is 5.91 Å². The van der Waals surface area contributed by atoms with Gasteiger partial charge in [-0.2, -0.15) is 4.98 Å². The number of amides is 1. The number of hydrogen-bond donors (Lipinski definition) is 1. The fourth-order valence-electron chi connectivity index (χ4n) is 4.45. The number of benzene rings is 1. The highest BCUT2D eigenvalue weighted by Gasteiger charge is 2.26. The number of rotatable bonds is 8. The van der Waals surface area contributed by atoms with E-state index in [0.29, 0.717) is 30.6 Å². The standard InChI is InChI=1S/C27H30N6O3/c1-18-5-3-6-21(15-18)26-30-23(19(2)35-26)17-33-13-9-20(10-14-33)25(34)29-12-8-24-31-27(36-32-24)22-7-4-11-28-16-22/h3-7,11,15-16,20H,8-10,12-14,17H2,1-2H3,(H,29,34). The van der Waals surface area contributed by atoms with E-state index >= 15 is 0 Å². The van der Waals surface area contributed by atoms with E-state index in [0.717, 1.165) is 55.1 Å². The zero-order valence-electron chi connectivity index (χ0n) is 20.6. The Hall–Kier alpha value is -3.85. The molecule has 0 spiro atoms. The van der Waals surface area contributed by atoms with Gasteiger partial charge in [-0.3, -0.25) is 14.7 Å². The van der Waals surface area contributed by atoms with Crippen LogP contribution in [-0.4, -0.2) is 50.5 Å². The monoisotopic (exact) mass is 486 g/mol. The smallest absolute Gasteiger partial charge is 0.259 e. The van der Waals surface area contributed by atoms with E-state index < -0.39 is 0 Å². The van der Waals surface area contributed by atoms with E-state index in [1.807, 2.05) is 31.2 Å². The van der Waals surface area contributed by atoms with Crippen LogP contribution in [0, 0.1) is 19.8 Å². The molecule has 1 saturated heterocycles. The molecule has 1 N–H and O–H groups in total. The Morgan fingerprint density at radius 2 is 1.92 bits per heavy atom. The molecule has 36 heavy (non-hydrogen) atoms. The predicted molar refractivity (Wildman–Crippen MR) is 134 cm³/mol. The topological polar surface area (TPSA) is 110 Å². The molecule has 0 radical (unpaired) electrons. The SMILES string of the molecule is Cc1cccc(-c2nc(CN3CCC(C(=O)NCCc4noc(-c5cccnc5)n4)CC3)c(C)o2)c1. The maximum atomic E-state index is 12.7. The molecule has 0 atom stereocenters. The van der Waals surface area contributed by atoms with E-state index in [9.17, 15) is 4.79 Å². The van der Waals surface area contributed by atoms with Crippen molar-refractivity contribution in [3.63, 3.8) is 0 Å². The number of hydrogen-bond acceptors (Lipinski definition) is 8. The summed E-state index contributed by atoms with van der Waals surface area (Å²) in [6.45, 7) is 6.93. The number of aromatic nitrogens is 4. The molecule has 4 heterocycles. The molecule has 0 saturated carbocycles. The third kappa shape index (κ3) is 5.68. The normalized spacial score (nSPS) is 14.7. The first-order valence-electron chi connectivity index (χ1n) is 12.3. The van der Waals surface area contributed by atoms with Gasteiger partial charge in [0.25, 0.3) is 5.89 Å². The van der Waals surface area contributed by atoms with Crippen molar-refractivity contribution in [1.82, 2.24) is 30.3 Å². The van der Waals surface area contributed by atoms with Crippen LogP contribution in [-0.2, 0) is 17.8 Å². The molecule has 1 aromatic carbocycles. The largest absolute Gasteiger partial charge is 0.441 e. The van der Waals surface area contributed by atoms with Crippen molar-refractivity contribution in [2.45, 2.75) is 39.7 Å². The van der Waals surface area contributed by atoms with Crippen molar-refractivity contribution in [3.05, 3.63) is 71.6 Å². The molecule has 4 aromatic rings.